The quantitative estimate of drug-likeness (QED) is 0.629. The van der Waals surface area contributed by atoms with Crippen LogP contribution in [-0.2, 0) is 4.79 Å². The summed E-state index contributed by atoms with van der Waals surface area (Å²) in [7, 11) is 0. The second kappa shape index (κ2) is 4.56. The van der Waals surface area contributed by atoms with Crippen molar-refractivity contribution in [3.63, 3.8) is 0 Å². The zero-order valence-corrected chi connectivity index (χ0v) is 9.46. The van der Waals surface area contributed by atoms with Crippen molar-refractivity contribution in [1.29, 1.82) is 0 Å². The van der Waals surface area contributed by atoms with Crippen LogP contribution in [-0.4, -0.2) is 5.24 Å². The second-order valence-electron chi connectivity index (χ2n) is 2.37. The van der Waals surface area contributed by atoms with Gasteiger partial charge in [-0.3, -0.25) is 4.79 Å². The van der Waals surface area contributed by atoms with E-state index in [4.69, 9.17) is 34.8 Å². The zero-order chi connectivity index (χ0) is 10.0. The van der Waals surface area contributed by atoms with Crippen molar-refractivity contribution in [2.45, 2.75) is 5.25 Å². The lowest BCUT2D eigenvalue weighted by atomic mass is 10.1. The average molecular weight is 256 g/mol. The number of carbonyl (C=O) groups is 1. The summed E-state index contributed by atoms with van der Waals surface area (Å²) in [6.07, 6.45) is 0. The highest BCUT2D eigenvalue weighted by Crippen LogP contribution is 2.31. The predicted molar refractivity (Wildman–Crippen MR) is 59.0 cm³/mol. The minimum absolute atomic E-state index is 0.429. The summed E-state index contributed by atoms with van der Waals surface area (Å²) in [4.78, 5) is 10.8. The Morgan fingerprint density at radius 1 is 1.38 bits per heavy atom. The van der Waals surface area contributed by atoms with Crippen molar-refractivity contribution in [3.8, 4) is 0 Å². The van der Waals surface area contributed by atoms with Crippen LogP contribution in [0.1, 0.15) is 10.8 Å². The van der Waals surface area contributed by atoms with Gasteiger partial charge in [0.15, 0.2) is 0 Å². The first-order valence-corrected chi connectivity index (χ1v) is 4.99. The maximum absolute atomic E-state index is 10.8. The van der Waals surface area contributed by atoms with Gasteiger partial charge in [0, 0.05) is 10.0 Å². The van der Waals surface area contributed by atoms with Crippen LogP contribution in [0.4, 0.5) is 0 Å². The Labute approximate surface area is 96.4 Å². The molecule has 13 heavy (non-hydrogen) atoms. The Bertz CT molecular complexity index is 340. The molecule has 1 aromatic rings. The fraction of sp³-hybridized carbons (Fsp3) is 0.125. The zero-order valence-electron chi connectivity index (χ0n) is 6.30. The van der Waals surface area contributed by atoms with Crippen LogP contribution in [0.5, 0.6) is 0 Å². The molecule has 0 aliphatic rings. The van der Waals surface area contributed by atoms with Gasteiger partial charge in [-0.2, -0.15) is 12.6 Å². The van der Waals surface area contributed by atoms with E-state index in [0.29, 0.717) is 15.6 Å². The summed E-state index contributed by atoms with van der Waals surface area (Å²) in [5.41, 5.74) is 0.525. The Kier molecular flexibility index (Phi) is 3.92. The van der Waals surface area contributed by atoms with Gasteiger partial charge in [-0.1, -0.05) is 23.2 Å². The summed E-state index contributed by atoms with van der Waals surface area (Å²) in [5.74, 6) is 0. The van der Waals surface area contributed by atoms with Gasteiger partial charge in [0.2, 0.25) is 5.24 Å². The van der Waals surface area contributed by atoms with E-state index in [2.05, 4.69) is 12.6 Å². The van der Waals surface area contributed by atoms with Crippen LogP contribution in [0.2, 0.25) is 10.0 Å². The van der Waals surface area contributed by atoms with Crippen LogP contribution in [0.15, 0.2) is 18.2 Å². The molecule has 0 amide bonds. The molecule has 70 valence electrons. The molecule has 0 bridgehead atoms. The van der Waals surface area contributed by atoms with Crippen LogP contribution in [0.3, 0.4) is 0 Å². The topological polar surface area (TPSA) is 17.1 Å². The maximum atomic E-state index is 10.8. The Hall–Kier alpha value is 0.110. The van der Waals surface area contributed by atoms with E-state index in [-0.39, 0.29) is 0 Å². The lowest BCUT2D eigenvalue weighted by Gasteiger charge is -2.08. The third-order valence-electron chi connectivity index (χ3n) is 1.47. The monoisotopic (exact) mass is 254 g/mol. The molecule has 0 heterocycles. The number of hydrogen-bond donors (Lipinski definition) is 1. The molecular formula is C8H5Cl3OS. The van der Waals surface area contributed by atoms with E-state index < -0.39 is 10.5 Å². The van der Waals surface area contributed by atoms with Crippen molar-refractivity contribution >= 4 is 52.7 Å². The molecule has 1 rings (SSSR count). The highest BCUT2D eigenvalue weighted by atomic mass is 35.5. The third kappa shape index (κ3) is 2.78. The van der Waals surface area contributed by atoms with Gasteiger partial charge >= 0.3 is 0 Å². The third-order valence-corrected chi connectivity index (χ3v) is 2.93. The molecule has 5 heteroatoms. The molecule has 0 aliphatic heterocycles. The number of halogens is 3. The fourth-order valence-electron chi connectivity index (χ4n) is 0.846. The van der Waals surface area contributed by atoms with Gasteiger partial charge in [0.1, 0.15) is 5.25 Å². The number of benzene rings is 1. The number of carbonyl (C=O) groups excluding carboxylic acids is 1. The average Bonchev–Trinajstić information content (AvgIpc) is 2.08. The van der Waals surface area contributed by atoms with Crippen LogP contribution in [0, 0.1) is 0 Å². The molecule has 0 spiro atoms. The molecule has 1 nitrogen and oxygen atoms in total. The molecular weight excluding hydrogens is 251 g/mol. The number of thiol groups is 1. The highest BCUT2D eigenvalue weighted by molar-refractivity contribution is 7.81. The Morgan fingerprint density at radius 3 is 2.54 bits per heavy atom. The first-order chi connectivity index (χ1) is 6.02. The summed E-state index contributed by atoms with van der Waals surface area (Å²) in [6, 6.07) is 4.80. The van der Waals surface area contributed by atoms with E-state index >= 15 is 0 Å². The summed E-state index contributed by atoms with van der Waals surface area (Å²) < 4.78 is 0. The van der Waals surface area contributed by atoms with E-state index in [1.807, 2.05) is 0 Å². The van der Waals surface area contributed by atoms with E-state index in [0.717, 1.165) is 0 Å². The Morgan fingerprint density at radius 2 is 2.00 bits per heavy atom. The van der Waals surface area contributed by atoms with Crippen molar-refractivity contribution in [1.82, 2.24) is 0 Å². The van der Waals surface area contributed by atoms with Crippen molar-refractivity contribution in [2.75, 3.05) is 0 Å². The molecule has 0 saturated carbocycles. The van der Waals surface area contributed by atoms with E-state index in [1.54, 1.807) is 18.2 Å². The van der Waals surface area contributed by atoms with Gasteiger partial charge in [-0.15, -0.1) is 0 Å². The minimum Gasteiger partial charge on any atom is -0.280 e. The van der Waals surface area contributed by atoms with E-state index in [9.17, 15) is 4.79 Å². The molecule has 1 aromatic carbocycles. The molecule has 0 aromatic heterocycles. The van der Waals surface area contributed by atoms with Gasteiger partial charge in [-0.05, 0) is 35.4 Å². The molecule has 0 N–H and O–H groups in total. The van der Waals surface area contributed by atoms with Gasteiger partial charge < -0.3 is 0 Å². The van der Waals surface area contributed by atoms with Crippen molar-refractivity contribution in [2.24, 2.45) is 0 Å². The summed E-state index contributed by atoms with van der Waals surface area (Å²) >= 11 is 20.8. The minimum atomic E-state index is -0.729. The molecule has 0 fully saturated rings. The van der Waals surface area contributed by atoms with Crippen LogP contribution >= 0.6 is 47.4 Å². The maximum Gasteiger partial charge on any atom is 0.238 e. The second-order valence-corrected chi connectivity index (χ2v) is 4.11. The fourth-order valence-corrected chi connectivity index (χ4v) is 1.66. The number of hydrogen-bond acceptors (Lipinski definition) is 2. The van der Waals surface area contributed by atoms with Crippen LogP contribution < -0.4 is 0 Å². The van der Waals surface area contributed by atoms with Crippen molar-refractivity contribution in [3.05, 3.63) is 33.8 Å². The first-order valence-electron chi connectivity index (χ1n) is 3.34. The molecule has 0 saturated heterocycles. The highest BCUT2D eigenvalue weighted by Gasteiger charge is 2.16. The lowest BCUT2D eigenvalue weighted by Crippen LogP contribution is -1.99. The lowest BCUT2D eigenvalue weighted by molar-refractivity contribution is -0.111. The normalized spacial score (nSPS) is 12.6. The molecule has 1 unspecified atom stereocenters. The van der Waals surface area contributed by atoms with Crippen LogP contribution in [0.25, 0.3) is 0 Å². The largest absolute Gasteiger partial charge is 0.280 e. The summed E-state index contributed by atoms with van der Waals surface area (Å²) in [6.45, 7) is 0. The van der Waals surface area contributed by atoms with Gasteiger partial charge in [0.05, 0.1) is 0 Å². The van der Waals surface area contributed by atoms with Gasteiger partial charge in [0.25, 0.3) is 0 Å². The van der Waals surface area contributed by atoms with E-state index in [1.165, 1.54) is 0 Å². The summed E-state index contributed by atoms with van der Waals surface area (Å²) in [5, 5.41) is -0.380. The molecule has 0 radical (unpaired) electrons. The smallest absolute Gasteiger partial charge is 0.238 e. The standard InChI is InChI=1S/C8H5Cl3OS/c9-4-1-2-6(10)5(3-4)7(13)8(11)12/h1-3,7,13H. The Balaban J connectivity index is 3.12. The predicted octanol–water partition coefficient (Wildman–Crippen LogP) is 3.73. The molecule has 1 atom stereocenters. The first kappa shape index (κ1) is 11.2. The van der Waals surface area contributed by atoms with Crippen molar-refractivity contribution < 1.29 is 4.79 Å². The molecule has 0 aliphatic carbocycles. The number of rotatable bonds is 2. The SMILES string of the molecule is O=C(Cl)C(S)c1cc(Cl)ccc1Cl. The van der Waals surface area contributed by atoms with Gasteiger partial charge in [-0.25, -0.2) is 0 Å².